The molecule has 0 unspecified atom stereocenters. The molecule has 0 spiro atoms. The first-order valence-electron chi connectivity index (χ1n) is 10.9. The van der Waals surface area contributed by atoms with Crippen LogP contribution >= 0.6 is 0 Å². The van der Waals surface area contributed by atoms with Gasteiger partial charge in [-0.25, -0.2) is 0 Å². The molecule has 0 heterocycles. The number of rotatable bonds is 13. The molecule has 2 rings (SSSR count). The highest BCUT2D eigenvalue weighted by atomic mass is 16.5. The summed E-state index contributed by atoms with van der Waals surface area (Å²) in [5.74, 6) is -0.969. The Morgan fingerprint density at radius 2 is 1.34 bits per heavy atom. The van der Waals surface area contributed by atoms with Crippen LogP contribution in [0.2, 0.25) is 0 Å². The Kier molecular flexibility index (Phi) is 8.31. The van der Waals surface area contributed by atoms with Gasteiger partial charge in [0.1, 0.15) is 5.60 Å². The average molecular weight is 441 g/mol. The average Bonchev–Trinajstić information content (AvgIpc) is 3.22. The molecular formula is C26H32O6. The fourth-order valence-corrected chi connectivity index (χ4v) is 3.61. The molecule has 0 amide bonds. The van der Waals surface area contributed by atoms with E-state index in [1.54, 1.807) is 50.3 Å². The van der Waals surface area contributed by atoms with Crippen LogP contribution in [0.5, 0.6) is 0 Å². The second-order valence-corrected chi connectivity index (χ2v) is 9.49. The second kappa shape index (κ2) is 10.5. The number of carboxylic acids is 1. The van der Waals surface area contributed by atoms with Crippen molar-refractivity contribution < 1.29 is 29.0 Å². The van der Waals surface area contributed by atoms with Gasteiger partial charge in [-0.15, -0.1) is 0 Å². The van der Waals surface area contributed by atoms with Crippen molar-refractivity contribution in [1.29, 1.82) is 0 Å². The number of allylic oxidation sites excluding steroid dienone is 10. The van der Waals surface area contributed by atoms with Crippen LogP contribution in [0.3, 0.4) is 0 Å². The maximum atomic E-state index is 12.6. The van der Waals surface area contributed by atoms with E-state index in [4.69, 9.17) is 4.74 Å². The maximum Gasteiger partial charge on any atom is 0.309 e. The Labute approximate surface area is 189 Å². The predicted octanol–water partition coefficient (Wildman–Crippen LogP) is 4.82. The smallest absolute Gasteiger partial charge is 0.309 e. The number of ketones is 2. The minimum absolute atomic E-state index is 0.0505. The van der Waals surface area contributed by atoms with Crippen molar-refractivity contribution in [2.45, 2.75) is 71.8 Å². The lowest BCUT2D eigenvalue weighted by atomic mass is 9.86. The van der Waals surface area contributed by atoms with Crippen LogP contribution < -0.4 is 0 Å². The van der Waals surface area contributed by atoms with Crippen LogP contribution in [0.4, 0.5) is 0 Å². The van der Waals surface area contributed by atoms with Gasteiger partial charge in [-0.3, -0.25) is 19.2 Å². The lowest BCUT2D eigenvalue weighted by Gasteiger charge is -2.22. The van der Waals surface area contributed by atoms with Crippen molar-refractivity contribution in [2.75, 3.05) is 0 Å². The van der Waals surface area contributed by atoms with Gasteiger partial charge in [-0.1, -0.05) is 36.5 Å². The highest BCUT2D eigenvalue weighted by molar-refractivity contribution is 6.15. The molecule has 0 saturated heterocycles. The summed E-state index contributed by atoms with van der Waals surface area (Å²) in [6.45, 7) is 7.48. The van der Waals surface area contributed by atoms with Gasteiger partial charge in [0.25, 0.3) is 6.47 Å². The summed E-state index contributed by atoms with van der Waals surface area (Å²) in [6, 6.07) is 0. The van der Waals surface area contributed by atoms with E-state index < -0.39 is 17.0 Å². The molecule has 0 atom stereocenters. The Balaban J connectivity index is 1.80. The number of Topliss-reactive ketones (excluding diaryl/α,β-unsaturated/α-hetero) is 2. The monoisotopic (exact) mass is 440 g/mol. The first kappa shape index (κ1) is 25.2. The molecule has 0 aromatic heterocycles. The predicted molar refractivity (Wildman–Crippen MR) is 122 cm³/mol. The number of hydrogen-bond acceptors (Lipinski definition) is 5. The molecule has 0 aromatic carbocycles. The Morgan fingerprint density at radius 1 is 0.875 bits per heavy atom. The normalized spacial score (nSPS) is 16.8. The van der Waals surface area contributed by atoms with Crippen molar-refractivity contribution in [3.05, 3.63) is 58.7 Å². The van der Waals surface area contributed by atoms with Gasteiger partial charge in [0, 0.05) is 22.3 Å². The first-order valence-corrected chi connectivity index (χ1v) is 10.9. The summed E-state index contributed by atoms with van der Waals surface area (Å²) in [7, 11) is 0. The zero-order valence-corrected chi connectivity index (χ0v) is 19.3. The standard InChI is InChI=1S/C26H32O6/c1-25(2,24(30)31)15-5-7-18-9-11-20(22(18)28)13-14-21-12-10-19(23(21)29)8-6-16-26(3,4)32-17-27/h9-14,17H,5-8,15-16H2,1-4H3,(H,30,31)/b14-13-. The minimum Gasteiger partial charge on any atom is -0.481 e. The van der Waals surface area contributed by atoms with Crippen molar-refractivity contribution in [3.8, 4) is 0 Å². The summed E-state index contributed by atoms with van der Waals surface area (Å²) in [5, 5.41) is 9.19. The zero-order valence-electron chi connectivity index (χ0n) is 19.3. The van der Waals surface area contributed by atoms with Gasteiger partial charge in [0.2, 0.25) is 0 Å². The van der Waals surface area contributed by atoms with Crippen LogP contribution in [0.1, 0.15) is 66.2 Å². The van der Waals surface area contributed by atoms with Crippen molar-refractivity contribution in [2.24, 2.45) is 5.41 Å². The quantitative estimate of drug-likeness (QED) is 0.413. The third-order valence-electron chi connectivity index (χ3n) is 5.90. The van der Waals surface area contributed by atoms with E-state index in [0.717, 1.165) is 6.42 Å². The Morgan fingerprint density at radius 3 is 1.78 bits per heavy atom. The van der Waals surface area contributed by atoms with E-state index in [9.17, 15) is 24.3 Å². The SMILES string of the molecule is CC(C)(CCCC1=CC=C(/C=C\C2=CC=C(CCCC(C)(C)C(=O)O)C2=O)C1=O)OC=O. The highest BCUT2D eigenvalue weighted by Crippen LogP contribution is 2.28. The minimum atomic E-state index is -0.841. The van der Waals surface area contributed by atoms with Gasteiger partial charge < -0.3 is 9.84 Å². The van der Waals surface area contributed by atoms with Crippen LogP contribution in [0.15, 0.2) is 58.7 Å². The molecule has 6 heteroatoms. The van der Waals surface area contributed by atoms with Crippen molar-refractivity contribution in [3.63, 3.8) is 0 Å². The van der Waals surface area contributed by atoms with Gasteiger partial charge >= 0.3 is 5.97 Å². The highest BCUT2D eigenvalue weighted by Gasteiger charge is 2.27. The number of aliphatic carboxylic acids is 1. The molecule has 0 aliphatic heterocycles. The fraction of sp³-hybridized carbons (Fsp3) is 0.462. The summed E-state index contributed by atoms with van der Waals surface area (Å²) in [5.41, 5.74) is 1.06. The lowest BCUT2D eigenvalue weighted by molar-refractivity contribution is -0.147. The van der Waals surface area contributed by atoms with Gasteiger partial charge in [0.15, 0.2) is 11.6 Å². The summed E-state index contributed by atoms with van der Waals surface area (Å²) in [4.78, 5) is 46.9. The number of carbonyl (C=O) groups excluding carboxylic acids is 3. The van der Waals surface area contributed by atoms with E-state index in [1.165, 1.54) is 0 Å². The van der Waals surface area contributed by atoms with Crippen molar-refractivity contribution >= 4 is 24.0 Å². The van der Waals surface area contributed by atoms with E-state index in [1.807, 2.05) is 13.8 Å². The maximum absolute atomic E-state index is 12.6. The second-order valence-electron chi connectivity index (χ2n) is 9.49. The molecule has 0 fully saturated rings. The molecule has 0 aromatic rings. The summed E-state index contributed by atoms with van der Waals surface area (Å²) < 4.78 is 5.03. The van der Waals surface area contributed by atoms with Crippen molar-refractivity contribution in [1.82, 2.24) is 0 Å². The number of hydrogen-bond donors (Lipinski definition) is 1. The van der Waals surface area contributed by atoms with E-state index in [2.05, 4.69) is 0 Å². The molecular weight excluding hydrogens is 408 g/mol. The van der Waals surface area contributed by atoms with Crippen LogP contribution in [0.25, 0.3) is 0 Å². The third kappa shape index (κ3) is 6.74. The molecule has 2 aliphatic carbocycles. The number of carbonyl (C=O) groups is 4. The third-order valence-corrected chi connectivity index (χ3v) is 5.90. The van der Waals surface area contributed by atoms with Gasteiger partial charge in [-0.05, 0) is 66.2 Å². The van der Waals surface area contributed by atoms with E-state index in [0.29, 0.717) is 60.9 Å². The zero-order chi connectivity index (χ0) is 23.9. The topological polar surface area (TPSA) is 97.7 Å². The largest absolute Gasteiger partial charge is 0.481 e. The van der Waals surface area contributed by atoms with Crippen LogP contribution in [-0.2, 0) is 23.9 Å². The number of carboxylic acid groups (broad SMARTS) is 1. The number of ether oxygens (including phenoxy) is 1. The molecule has 0 bridgehead atoms. The van der Waals surface area contributed by atoms with E-state index >= 15 is 0 Å². The Hall–Kier alpha value is -3.02. The molecule has 32 heavy (non-hydrogen) atoms. The summed E-state index contributed by atoms with van der Waals surface area (Å²) >= 11 is 0. The van der Waals surface area contributed by atoms with Crippen LogP contribution in [-0.4, -0.2) is 34.7 Å². The molecule has 0 radical (unpaired) electrons. The summed E-state index contributed by atoms with van der Waals surface area (Å²) in [6.07, 6.45) is 14.0. The van der Waals surface area contributed by atoms with E-state index in [-0.39, 0.29) is 11.6 Å². The molecule has 2 aliphatic rings. The lowest BCUT2D eigenvalue weighted by Crippen LogP contribution is -2.23. The first-order chi connectivity index (χ1) is 15.0. The molecule has 6 nitrogen and oxygen atoms in total. The van der Waals surface area contributed by atoms with Gasteiger partial charge in [0.05, 0.1) is 5.41 Å². The molecule has 0 saturated carbocycles. The molecule has 1 N–H and O–H groups in total. The van der Waals surface area contributed by atoms with Gasteiger partial charge in [-0.2, -0.15) is 0 Å². The Bertz CT molecular complexity index is 937. The van der Waals surface area contributed by atoms with Crippen LogP contribution in [0, 0.1) is 5.41 Å². The molecule has 172 valence electrons. The fourth-order valence-electron chi connectivity index (χ4n) is 3.61.